The zero-order valence-corrected chi connectivity index (χ0v) is 17.9. The second-order valence-corrected chi connectivity index (χ2v) is 8.46. The van der Waals surface area contributed by atoms with Crippen molar-refractivity contribution in [1.29, 1.82) is 0 Å². The van der Waals surface area contributed by atoms with Gasteiger partial charge in [-0.1, -0.05) is 52.5 Å². The van der Waals surface area contributed by atoms with Crippen molar-refractivity contribution in [3.05, 3.63) is 77.2 Å². The number of benzene rings is 2. The van der Waals surface area contributed by atoms with Gasteiger partial charge < -0.3 is 9.26 Å². The number of aryl methyl sites for hydroxylation is 1. The monoisotopic (exact) mass is 457 g/mol. The third-order valence-electron chi connectivity index (χ3n) is 3.96. The molecular formula is C20H16FN5O3S2. The topological polar surface area (TPSA) is 103 Å². The number of thioether (sulfide) groups is 1. The van der Waals surface area contributed by atoms with Gasteiger partial charge in [-0.25, -0.2) is 4.39 Å². The molecule has 0 unspecified atom stereocenters. The molecule has 0 spiro atoms. The van der Waals surface area contributed by atoms with Crippen LogP contribution in [0.25, 0.3) is 0 Å². The Morgan fingerprint density at radius 1 is 1.19 bits per heavy atom. The molecule has 8 nitrogen and oxygen atoms in total. The number of halogens is 1. The first-order valence-corrected chi connectivity index (χ1v) is 10.9. The number of nitrogens with zero attached hydrogens (tertiary/aromatic N) is 4. The molecule has 0 radical (unpaired) electrons. The number of para-hydroxylation sites is 1. The Bertz CT molecular complexity index is 1180. The van der Waals surface area contributed by atoms with E-state index in [9.17, 15) is 9.18 Å². The maximum Gasteiger partial charge on any atom is 0.261 e. The number of rotatable bonds is 8. The lowest BCUT2D eigenvalue weighted by Gasteiger charge is -2.09. The van der Waals surface area contributed by atoms with E-state index < -0.39 is 0 Å². The van der Waals surface area contributed by atoms with Crippen LogP contribution in [0.5, 0.6) is 5.75 Å². The average molecular weight is 458 g/mol. The Kier molecular flexibility index (Phi) is 6.53. The van der Waals surface area contributed by atoms with Gasteiger partial charge in [0.15, 0.2) is 10.9 Å². The van der Waals surface area contributed by atoms with Crippen LogP contribution >= 0.6 is 23.1 Å². The number of ether oxygens (including phenoxy) is 1. The quantitative estimate of drug-likeness (QED) is 0.305. The first-order chi connectivity index (χ1) is 15.1. The normalized spacial score (nSPS) is 10.8. The third kappa shape index (κ3) is 5.64. The third-order valence-corrected chi connectivity index (χ3v) is 6.00. The summed E-state index contributed by atoms with van der Waals surface area (Å²) in [6, 6.07) is 13.1. The van der Waals surface area contributed by atoms with Crippen molar-refractivity contribution >= 4 is 34.1 Å². The van der Waals surface area contributed by atoms with Crippen LogP contribution in [0.15, 0.2) is 57.4 Å². The van der Waals surface area contributed by atoms with Gasteiger partial charge in [-0.3, -0.25) is 10.1 Å². The van der Waals surface area contributed by atoms with E-state index in [2.05, 4.69) is 25.7 Å². The van der Waals surface area contributed by atoms with Crippen molar-refractivity contribution in [2.24, 2.45) is 0 Å². The number of anilines is 1. The molecule has 2 aromatic heterocycles. The van der Waals surface area contributed by atoms with E-state index >= 15 is 0 Å². The maximum absolute atomic E-state index is 13.0. The predicted octanol–water partition coefficient (Wildman–Crippen LogP) is 4.49. The molecule has 0 atom stereocenters. The second-order valence-electron chi connectivity index (χ2n) is 6.26. The Morgan fingerprint density at radius 3 is 2.77 bits per heavy atom. The van der Waals surface area contributed by atoms with Gasteiger partial charge in [-0.2, -0.15) is 4.98 Å². The molecule has 11 heteroatoms. The lowest BCUT2D eigenvalue weighted by molar-refractivity contribution is 0.102. The molecule has 0 fully saturated rings. The summed E-state index contributed by atoms with van der Waals surface area (Å²) >= 11 is 2.72. The fraction of sp³-hybridized carbons (Fsp3) is 0.150. The van der Waals surface area contributed by atoms with E-state index in [1.807, 2.05) is 0 Å². The molecular weight excluding hydrogens is 441 g/mol. The molecule has 0 aliphatic heterocycles. The molecule has 0 saturated carbocycles. The summed E-state index contributed by atoms with van der Waals surface area (Å²) in [5.41, 5.74) is 1.31. The molecule has 1 amide bonds. The first kappa shape index (κ1) is 20.9. The molecule has 0 aliphatic rings. The van der Waals surface area contributed by atoms with Crippen molar-refractivity contribution in [3.8, 4) is 5.75 Å². The Balaban J connectivity index is 1.36. The highest BCUT2D eigenvalue weighted by Gasteiger charge is 2.16. The Labute approximate surface area is 184 Å². The number of hydrogen-bond donors (Lipinski definition) is 1. The van der Waals surface area contributed by atoms with Gasteiger partial charge in [-0.15, -0.1) is 10.2 Å². The lowest BCUT2D eigenvalue weighted by Crippen LogP contribution is -2.13. The molecule has 4 rings (SSSR count). The van der Waals surface area contributed by atoms with Crippen LogP contribution in [-0.4, -0.2) is 26.2 Å². The molecule has 1 N–H and O–H groups in total. The molecule has 2 aromatic carbocycles. The van der Waals surface area contributed by atoms with Gasteiger partial charge in [0, 0.05) is 12.7 Å². The van der Waals surface area contributed by atoms with Crippen molar-refractivity contribution < 1.29 is 18.4 Å². The lowest BCUT2D eigenvalue weighted by atomic mass is 10.2. The van der Waals surface area contributed by atoms with Crippen molar-refractivity contribution in [2.45, 2.75) is 23.6 Å². The summed E-state index contributed by atoms with van der Waals surface area (Å²) < 4.78 is 24.3. The van der Waals surface area contributed by atoms with Crippen molar-refractivity contribution in [1.82, 2.24) is 20.3 Å². The molecule has 2 heterocycles. The summed E-state index contributed by atoms with van der Waals surface area (Å²) in [7, 11) is 0. The van der Waals surface area contributed by atoms with Gasteiger partial charge in [0.25, 0.3) is 5.91 Å². The summed E-state index contributed by atoms with van der Waals surface area (Å²) in [4.78, 5) is 16.8. The minimum atomic E-state index is -0.369. The van der Waals surface area contributed by atoms with Crippen LogP contribution in [0, 0.1) is 12.7 Å². The minimum absolute atomic E-state index is 0.0740. The standard InChI is InChI=1S/C20H16FN5O3S2/c1-12-22-17(26-29-12)10-28-16-5-3-2-4-15(16)18(27)23-19-24-25-20(31-19)30-11-13-6-8-14(21)9-7-13/h2-9H,10-11H2,1H3,(H,23,24,27). The first-order valence-electron chi connectivity index (χ1n) is 9.10. The number of carbonyl (C=O) groups is 1. The summed E-state index contributed by atoms with van der Waals surface area (Å²) in [6.07, 6.45) is 0. The SMILES string of the molecule is Cc1nc(COc2ccccc2C(=O)Nc2nnc(SCc3ccc(F)cc3)s2)no1. The fourth-order valence-corrected chi connectivity index (χ4v) is 4.23. The maximum atomic E-state index is 13.0. The Morgan fingerprint density at radius 2 is 2.00 bits per heavy atom. The van der Waals surface area contributed by atoms with E-state index in [0.717, 1.165) is 5.56 Å². The number of carbonyl (C=O) groups excluding carboxylic acids is 1. The highest BCUT2D eigenvalue weighted by atomic mass is 32.2. The van der Waals surface area contributed by atoms with E-state index in [1.165, 1.54) is 35.2 Å². The zero-order valence-electron chi connectivity index (χ0n) is 16.2. The Hall–Kier alpha value is -3.31. The van der Waals surface area contributed by atoms with Gasteiger partial charge in [0.05, 0.1) is 5.56 Å². The van der Waals surface area contributed by atoms with Crippen LogP contribution < -0.4 is 10.1 Å². The van der Waals surface area contributed by atoms with Gasteiger partial charge >= 0.3 is 0 Å². The summed E-state index contributed by atoms with van der Waals surface area (Å²) in [5, 5.41) is 15.0. The highest BCUT2D eigenvalue weighted by Crippen LogP contribution is 2.29. The van der Waals surface area contributed by atoms with E-state index in [1.54, 1.807) is 43.3 Å². The average Bonchev–Trinajstić information content (AvgIpc) is 3.40. The number of aromatic nitrogens is 4. The molecule has 0 aliphatic carbocycles. The van der Waals surface area contributed by atoms with Crippen LogP contribution in [-0.2, 0) is 12.4 Å². The number of nitrogens with one attached hydrogen (secondary N) is 1. The zero-order chi connectivity index (χ0) is 21.6. The van der Waals surface area contributed by atoms with Crippen LogP contribution in [0.3, 0.4) is 0 Å². The van der Waals surface area contributed by atoms with Gasteiger partial charge in [0.2, 0.25) is 16.8 Å². The predicted molar refractivity (Wildman–Crippen MR) is 114 cm³/mol. The van der Waals surface area contributed by atoms with E-state index in [0.29, 0.717) is 38.3 Å². The minimum Gasteiger partial charge on any atom is -0.485 e. The molecule has 158 valence electrons. The summed E-state index contributed by atoms with van der Waals surface area (Å²) in [5.74, 6) is 1.19. The van der Waals surface area contributed by atoms with Crippen LogP contribution in [0.4, 0.5) is 9.52 Å². The molecule has 0 saturated heterocycles. The smallest absolute Gasteiger partial charge is 0.261 e. The summed E-state index contributed by atoms with van der Waals surface area (Å²) in [6.45, 7) is 1.76. The second kappa shape index (κ2) is 9.67. The van der Waals surface area contributed by atoms with Crippen LogP contribution in [0.1, 0.15) is 27.6 Å². The number of hydrogen-bond acceptors (Lipinski definition) is 9. The van der Waals surface area contributed by atoms with E-state index in [-0.39, 0.29) is 18.3 Å². The highest BCUT2D eigenvalue weighted by molar-refractivity contribution is 8.00. The van der Waals surface area contributed by atoms with Gasteiger partial charge in [0.1, 0.15) is 11.6 Å². The molecule has 4 aromatic rings. The van der Waals surface area contributed by atoms with Gasteiger partial charge in [-0.05, 0) is 29.8 Å². The fourth-order valence-electron chi connectivity index (χ4n) is 2.53. The van der Waals surface area contributed by atoms with Crippen molar-refractivity contribution in [3.63, 3.8) is 0 Å². The molecule has 31 heavy (non-hydrogen) atoms. The number of amides is 1. The molecule has 0 bridgehead atoms. The van der Waals surface area contributed by atoms with E-state index in [4.69, 9.17) is 9.26 Å². The van der Waals surface area contributed by atoms with Crippen molar-refractivity contribution in [2.75, 3.05) is 5.32 Å². The largest absolute Gasteiger partial charge is 0.485 e. The van der Waals surface area contributed by atoms with Crippen LogP contribution in [0.2, 0.25) is 0 Å².